The molecule has 0 spiro atoms. The Morgan fingerprint density at radius 1 is 1.44 bits per heavy atom. The summed E-state index contributed by atoms with van der Waals surface area (Å²) >= 11 is 5.84. The maximum Gasteiger partial charge on any atom is 0.125 e. The van der Waals surface area contributed by atoms with E-state index in [1.807, 2.05) is 32.9 Å². The highest BCUT2D eigenvalue weighted by atomic mass is 35.5. The molecule has 0 saturated heterocycles. The van der Waals surface area contributed by atoms with Crippen LogP contribution in [0.5, 0.6) is 5.75 Å². The first kappa shape index (κ1) is 13.1. The van der Waals surface area contributed by atoms with Crippen LogP contribution in [0.2, 0.25) is 5.02 Å². The van der Waals surface area contributed by atoms with E-state index in [2.05, 4.69) is 0 Å². The molecule has 1 N–H and O–H groups in total. The van der Waals surface area contributed by atoms with Crippen LogP contribution in [-0.2, 0) is 0 Å². The summed E-state index contributed by atoms with van der Waals surface area (Å²) in [4.78, 5) is 0. The van der Waals surface area contributed by atoms with Crippen LogP contribution in [0.1, 0.15) is 20.8 Å². The number of aliphatic hydroxyl groups is 1. The van der Waals surface area contributed by atoms with Gasteiger partial charge in [-0.2, -0.15) is 0 Å². The summed E-state index contributed by atoms with van der Waals surface area (Å²) < 4.78 is 5.58. The molecule has 2 atom stereocenters. The lowest BCUT2D eigenvalue weighted by Crippen LogP contribution is -2.27. The van der Waals surface area contributed by atoms with E-state index in [0.29, 0.717) is 10.8 Å². The lowest BCUT2D eigenvalue weighted by Gasteiger charge is -2.18. The first-order chi connectivity index (χ1) is 7.49. The van der Waals surface area contributed by atoms with Gasteiger partial charge in [0.1, 0.15) is 18.0 Å². The molecule has 0 amide bonds. The van der Waals surface area contributed by atoms with Crippen molar-refractivity contribution in [2.45, 2.75) is 33.0 Å². The summed E-state index contributed by atoms with van der Waals surface area (Å²) in [5, 5.41) is 10.4. The highest BCUT2D eigenvalue weighted by Crippen LogP contribution is 2.19. The smallest absolute Gasteiger partial charge is 0.125 e. The number of ether oxygens (including phenoxy) is 1. The van der Waals surface area contributed by atoms with E-state index in [1.165, 1.54) is 0 Å². The summed E-state index contributed by atoms with van der Waals surface area (Å²) in [7, 11) is 0. The lowest BCUT2D eigenvalue weighted by molar-refractivity contribution is 0.0789. The van der Waals surface area contributed by atoms with Crippen LogP contribution in [-0.4, -0.2) is 17.3 Å². The molecule has 0 bridgehead atoms. The van der Waals surface area contributed by atoms with Gasteiger partial charge in [0, 0.05) is 5.02 Å². The van der Waals surface area contributed by atoms with Crippen molar-refractivity contribution in [2.75, 3.05) is 0 Å². The summed E-state index contributed by atoms with van der Waals surface area (Å²) in [5.74, 6) is 0.668. The topological polar surface area (TPSA) is 29.5 Å². The molecule has 0 heterocycles. The van der Waals surface area contributed by atoms with Gasteiger partial charge in [-0.15, -0.1) is 0 Å². The number of aliphatic hydroxyl groups excluding tert-OH is 1. The van der Waals surface area contributed by atoms with E-state index < -0.39 is 6.10 Å². The number of rotatable bonds is 4. The van der Waals surface area contributed by atoms with E-state index in [0.717, 1.165) is 5.57 Å². The van der Waals surface area contributed by atoms with Crippen molar-refractivity contribution in [2.24, 2.45) is 0 Å². The fourth-order valence-electron chi connectivity index (χ4n) is 1.30. The number of allylic oxidation sites excluding steroid dienone is 1. The van der Waals surface area contributed by atoms with Crippen LogP contribution in [0.25, 0.3) is 0 Å². The minimum atomic E-state index is -0.607. The highest BCUT2D eigenvalue weighted by Gasteiger charge is 2.13. The second-order valence-electron chi connectivity index (χ2n) is 4.01. The van der Waals surface area contributed by atoms with Crippen LogP contribution in [0.4, 0.5) is 0 Å². The minimum absolute atomic E-state index is 0.298. The van der Waals surface area contributed by atoms with Gasteiger partial charge < -0.3 is 9.84 Å². The van der Waals surface area contributed by atoms with E-state index in [4.69, 9.17) is 16.3 Å². The van der Waals surface area contributed by atoms with Gasteiger partial charge in [-0.1, -0.05) is 29.3 Å². The molecule has 2 nitrogen and oxygen atoms in total. The predicted octanol–water partition coefficient (Wildman–Crippen LogP) is 3.43. The van der Waals surface area contributed by atoms with Gasteiger partial charge in [-0.05, 0) is 39.0 Å². The van der Waals surface area contributed by atoms with Crippen molar-refractivity contribution in [1.29, 1.82) is 0 Å². The summed E-state index contributed by atoms with van der Waals surface area (Å²) in [5.41, 5.74) is 1.06. The second-order valence-corrected chi connectivity index (χ2v) is 4.45. The molecule has 1 rings (SSSR count). The van der Waals surface area contributed by atoms with Crippen molar-refractivity contribution in [3.8, 4) is 5.75 Å². The van der Waals surface area contributed by atoms with Crippen LogP contribution in [0.3, 0.4) is 0 Å². The Hall–Kier alpha value is -0.990. The van der Waals surface area contributed by atoms with Crippen LogP contribution in [0.15, 0.2) is 35.9 Å². The summed E-state index contributed by atoms with van der Waals surface area (Å²) in [6.07, 6.45) is 0.868. The third-order valence-electron chi connectivity index (χ3n) is 2.10. The van der Waals surface area contributed by atoms with Gasteiger partial charge in [0.25, 0.3) is 0 Å². The van der Waals surface area contributed by atoms with Gasteiger partial charge >= 0.3 is 0 Å². The van der Waals surface area contributed by atoms with E-state index >= 15 is 0 Å². The zero-order valence-corrected chi connectivity index (χ0v) is 10.5. The molecule has 3 heteroatoms. The van der Waals surface area contributed by atoms with E-state index in [-0.39, 0.29) is 6.10 Å². The van der Waals surface area contributed by atoms with Gasteiger partial charge in [0.05, 0.1) is 0 Å². The standard InChI is InChI=1S/C13H17ClO2/c1-9(2)7-13(15)10(3)16-12-6-4-5-11(14)8-12/h4-8,10,13,15H,1-3H3. The van der Waals surface area contributed by atoms with Crippen molar-refractivity contribution in [3.63, 3.8) is 0 Å². The quantitative estimate of drug-likeness (QED) is 0.817. The number of hydrogen-bond acceptors (Lipinski definition) is 2. The molecule has 0 aliphatic rings. The molecule has 2 unspecified atom stereocenters. The van der Waals surface area contributed by atoms with Crippen LogP contribution >= 0.6 is 11.6 Å². The molecule has 16 heavy (non-hydrogen) atoms. The number of benzene rings is 1. The van der Waals surface area contributed by atoms with Gasteiger partial charge in [0.15, 0.2) is 0 Å². The predicted molar refractivity (Wildman–Crippen MR) is 67.0 cm³/mol. The molecule has 0 radical (unpaired) electrons. The maximum absolute atomic E-state index is 9.78. The third kappa shape index (κ3) is 4.25. The van der Waals surface area contributed by atoms with Crippen molar-refractivity contribution >= 4 is 11.6 Å². The average Bonchev–Trinajstić information content (AvgIpc) is 2.16. The fourth-order valence-corrected chi connectivity index (χ4v) is 1.48. The Kier molecular flexibility index (Phi) is 4.84. The second kappa shape index (κ2) is 5.92. The number of hydrogen-bond donors (Lipinski definition) is 1. The minimum Gasteiger partial charge on any atom is -0.488 e. The monoisotopic (exact) mass is 240 g/mol. The Morgan fingerprint density at radius 2 is 2.12 bits per heavy atom. The normalized spacial score (nSPS) is 14.1. The van der Waals surface area contributed by atoms with Crippen LogP contribution in [0, 0.1) is 0 Å². The Labute approximate surface area is 102 Å². The summed E-state index contributed by atoms with van der Waals surface area (Å²) in [6.45, 7) is 5.70. The zero-order chi connectivity index (χ0) is 12.1. The SMILES string of the molecule is CC(C)=CC(O)C(C)Oc1cccc(Cl)c1. The van der Waals surface area contributed by atoms with E-state index in [9.17, 15) is 5.11 Å². The van der Waals surface area contributed by atoms with Crippen molar-refractivity contribution < 1.29 is 9.84 Å². The highest BCUT2D eigenvalue weighted by molar-refractivity contribution is 6.30. The first-order valence-electron chi connectivity index (χ1n) is 5.24. The van der Waals surface area contributed by atoms with Gasteiger partial charge in [0.2, 0.25) is 0 Å². The Morgan fingerprint density at radius 3 is 2.69 bits per heavy atom. The van der Waals surface area contributed by atoms with Crippen molar-refractivity contribution in [1.82, 2.24) is 0 Å². The zero-order valence-electron chi connectivity index (χ0n) is 9.77. The summed E-state index contributed by atoms with van der Waals surface area (Å²) in [6, 6.07) is 7.15. The average molecular weight is 241 g/mol. The molecule has 0 fully saturated rings. The molecule has 1 aromatic carbocycles. The lowest BCUT2D eigenvalue weighted by atomic mass is 10.1. The molecule has 0 aliphatic heterocycles. The molecule has 0 saturated carbocycles. The third-order valence-corrected chi connectivity index (χ3v) is 2.34. The largest absolute Gasteiger partial charge is 0.488 e. The molecule has 88 valence electrons. The molecule has 0 aliphatic carbocycles. The van der Waals surface area contributed by atoms with Gasteiger partial charge in [-0.3, -0.25) is 0 Å². The van der Waals surface area contributed by atoms with Gasteiger partial charge in [-0.25, -0.2) is 0 Å². The maximum atomic E-state index is 9.78. The first-order valence-corrected chi connectivity index (χ1v) is 5.62. The Bertz CT molecular complexity index is 370. The number of halogens is 1. The molecule has 0 aromatic heterocycles. The molecule has 1 aromatic rings. The van der Waals surface area contributed by atoms with E-state index in [1.54, 1.807) is 18.2 Å². The Balaban J connectivity index is 2.64. The fraction of sp³-hybridized carbons (Fsp3) is 0.385. The molecular weight excluding hydrogens is 224 g/mol. The molecular formula is C13H17ClO2. The van der Waals surface area contributed by atoms with Crippen molar-refractivity contribution in [3.05, 3.63) is 40.9 Å². The van der Waals surface area contributed by atoms with Crippen LogP contribution < -0.4 is 4.74 Å².